The Balaban J connectivity index is 1.61. The van der Waals surface area contributed by atoms with Crippen LogP contribution in [0.4, 0.5) is 15.9 Å². The summed E-state index contributed by atoms with van der Waals surface area (Å²) in [7, 11) is 0. The van der Waals surface area contributed by atoms with Crippen LogP contribution in [0.1, 0.15) is 24.0 Å². The molecule has 2 aliphatic rings. The van der Waals surface area contributed by atoms with Gasteiger partial charge in [0.1, 0.15) is 17.7 Å². The Morgan fingerprint density at radius 3 is 2.80 bits per heavy atom. The number of aryl methyl sites for hydroxylation is 1. The Kier molecular flexibility index (Phi) is 4.04. The van der Waals surface area contributed by atoms with Crippen LogP contribution in [0.2, 0.25) is 0 Å². The van der Waals surface area contributed by atoms with Crippen LogP contribution in [-0.4, -0.2) is 30.7 Å². The highest BCUT2D eigenvalue weighted by molar-refractivity contribution is 5.62. The van der Waals surface area contributed by atoms with Crippen LogP contribution in [0.3, 0.4) is 0 Å². The maximum absolute atomic E-state index is 13.2. The Morgan fingerprint density at radius 2 is 2.04 bits per heavy atom. The first kappa shape index (κ1) is 15.9. The molecule has 0 radical (unpaired) electrons. The van der Waals surface area contributed by atoms with Gasteiger partial charge < -0.3 is 9.80 Å². The van der Waals surface area contributed by atoms with Crippen LogP contribution in [0.25, 0.3) is 0 Å². The van der Waals surface area contributed by atoms with Crippen molar-refractivity contribution in [2.45, 2.75) is 25.8 Å². The standard InChI is InChI=1S/C20H21FN4/c1-14-2-3-16(11-22)18(10-14)25-9-7-15-6-8-24(13-19(15)25)20-5-4-17(21)12-23-20/h2-5,10,12,15,19H,6-9,13H2,1H3. The van der Waals surface area contributed by atoms with Gasteiger partial charge >= 0.3 is 0 Å². The molecule has 0 aliphatic carbocycles. The first-order chi connectivity index (χ1) is 12.2. The fraction of sp³-hybridized carbons (Fsp3) is 0.400. The molecule has 2 aliphatic heterocycles. The second-order valence-electron chi connectivity index (χ2n) is 7.01. The van der Waals surface area contributed by atoms with Gasteiger partial charge in [-0.25, -0.2) is 9.37 Å². The molecule has 1 aromatic heterocycles. The van der Waals surface area contributed by atoms with E-state index in [4.69, 9.17) is 0 Å². The zero-order chi connectivity index (χ0) is 17.4. The van der Waals surface area contributed by atoms with Gasteiger partial charge in [-0.2, -0.15) is 5.26 Å². The average Bonchev–Trinajstić information content (AvgIpc) is 3.05. The minimum Gasteiger partial charge on any atom is -0.365 e. The average molecular weight is 336 g/mol. The molecule has 4 nitrogen and oxygen atoms in total. The lowest BCUT2D eigenvalue weighted by Crippen LogP contribution is -2.48. The SMILES string of the molecule is Cc1ccc(C#N)c(N2CCC3CCN(c4ccc(F)cn4)CC32)c1. The summed E-state index contributed by atoms with van der Waals surface area (Å²) in [5.41, 5.74) is 2.96. The minimum atomic E-state index is -0.306. The third-order valence-electron chi connectivity index (χ3n) is 5.48. The molecule has 2 saturated heterocycles. The van der Waals surface area contributed by atoms with E-state index in [9.17, 15) is 9.65 Å². The number of nitrogens with zero attached hydrogens (tertiary/aromatic N) is 4. The van der Waals surface area contributed by atoms with E-state index in [2.05, 4.69) is 33.8 Å². The predicted octanol–water partition coefficient (Wildman–Crippen LogP) is 3.51. The van der Waals surface area contributed by atoms with E-state index in [0.29, 0.717) is 12.0 Å². The van der Waals surface area contributed by atoms with Gasteiger partial charge in [0.2, 0.25) is 0 Å². The van der Waals surface area contributed by atoms with Gasteiger partial charge in [0, 0.05) is 25.7 Å². The van der Waals surface area contributed by atoms with Crippen molar-refractivity contribution in [1.29, 1.82) is 5.26 Å². The summed E-state index contributed by atoms with van der Waals surface area (Å²) in [5.74, 6) is 1.17. The van der Waals surface area contributed by atoms with Crippen molar-refractivity contribution in [2.24, 2.45) is 5.92 Å². The number of hydrogen-bond acceptors (Lipinski definition) is 4. The van der Waals surface area contributed by atoms with Gasteiger partial charge in [-0.1, -0.05) is 6.07 Å². The highest BCUT2D eigenvalue weighted by Crippen LogP contribution is 2.37. The number of nitriles is 1. The molecule has 5 heteroatoms. The zero-order valence-electron chi connectivity index (χ0n) is 14.3. The van der Waals surface area contributed by atoms with Gasteiger partial charge in [-0.15, -0.1) is 0 Å². The second kappa shape index (κ2) is 6.36. The van der Waals surface area contributed by atoms with E-state index < -0.39 is 0 Å². The fourth-order valence-corrected chi connectivity index (χ4v) is 4.18. The van der Waals surface area contributed by atoms with Gasteiger partial charge in [-0.3, -0.25) is 0 Å². The molecule has 0 N–H and O–H groups in total. The number of benzene rings is 1. The third kappa shape index (κ3) is 2.93. The fourth-order valence-electron chi connectivity index (χ4n) is 4.18. The summed E-state index contributed by atoms with van der Waals surface area (Å²) in [6, 6.07) is 12.0. The maximum atomic E-state index is 13.2. The topological polar surface area (TPSA) is 43.2 Å². The van der Waals surface area contributed by atoms with Crippen LogP contribution < -0.4 is 9.80 Å². The Bertz CT molecular complexity index is 811. The predicted molar refractivity (Wildman–Crippen MR) is 96.2 cm³/mol. The lowest BCUT2D eigenvalue weighted by molar-refractivity contribution is 0.389. The van der Waals surface area contributed by atoms with Crippen molar-refractivity contribution < 1.29 is 4.39 Å². The zero-order valence-corrected chi connectivity index (χ0v) is 14.3. The second-order valence-corrected chi connectivity index (χ2v) is 7.01. The largest absolute Gasteiger partial charge is 0.365 e. The van der Waals surface area contributed by atoms with Gasteiger partial charge in [0.25, 0.3) is 0 Å². The number of hydrogen-bond donors (Lipinski definition) is 0. The smallest absolute Gasteiger partial charge is 0.141 e. The number of piperidine rings is 1. The summed E-state index contributed by atoms with van der Waals surface area (Å²) in [6.07, 6.45) is 3.55. The molecule has 25 heavy (non-hydrogen) atoms. The molecule has 0 amide bonds. The lowest BCUT2D eigenvalue weighted by atomic mass is 9.92. The van der Waals surface area contributed by atoms with Gasteiger partial charge in [0.05, 0.1) is 17.4 Å². The van der Waals surface area contributed by atoms with E-state index in [1.165, 1.54) is 17.8 Å². The summed E-state index contributed by atoms with van der Waals surface area (Å²) in [4.78, 5) is 8.87. The Morgan fingerprint density at radius 1 is 1.20 bits per heavy atom. The summed E-state index contributed by atoms with van der Waals surface area (Å²) in [6.45, 7) is 4.86. The monoisotopic (exact) mass is 336 g/mol. The third-order valence-corrected chi connectivity index (χ3v) is 5.48. The first-order valence-electron chi connectivity index (χ1n) is 8.79. The number of rotatable bonds is 2. The van der Waals surface area contributed by atoms with E-state index in [0.717, 1.165) is 49.5 Å². The summed E-state index contributed by atoms with van der Waals surface area (Å²) < 4.78 is 13.2. The van der Waals surface area contributed by atoms with Crippen molar-refractivity contribution in [3.8, 4) is 6.07 Å². The number of anilines is 2. The van der Waals surface area contributed by atoms with E-state index in [1.807, 2.05) is 12.1 Å². The normalized spacial score (nSPS) is 22.6. The maximum Gasteiger partial charge on any atom is 0.141 e. The molecule has 2 atom stereocenters. The summed E-state index contributed by atoms with van der Waals surface area (Å²) >= 11 is 0. The van der Waals surface area contributed by atoms with Crippen LogP contribution in [-0.2, 0) is 0 Å². The highest BCUT2D eigenvalue weighted by atomic mass is 19.1. The molecule has 4 rings (SSSR count). The van der Waals surface area contributed by atoms with Crippen LogP contribution in [0.5, 0.6) is 0 Å². The van der Waals surface area contributed by atoms with Crippen LogP contribution in [0.15, 0.2) is 36.5 Å². The van der Waals surface area contributed by atoms with E-state index in [-0.39, 0.29) is 5.82 Å². The molecular weight excluding hydrogens is 315 g/mol. The van der Waals surface area contributed by atoms with Crippen LogP contribution >= 0.6 is 0 Å². The van der Waals surface area contributed by atoms with Gasteiger partial charge in [0.15, 0.2) is 0 Å². The molecular formula is C20H21FN4. The number of aromatic nitrogens is 1. The molecule has 2 aromatic rings. The molecule has 128 valence electrons. The number of fused-ring (bicyclic) bond motifs is 1. The molecule has 0 spiro atoms. The van der Waals surface area contributed by atoms with Crippen molar-refractivity contribution >= 4 is 11.5 Å². The highest BCUT2D eigenvalue weighted by Gasteiger charge is 2.39. The molecule has 0 bridgehead atoms. The minimum absolute atomic E-state index is 0.306. The Hall–Kier alpha value is -2.61. The van der Waals surface area contributed by atoms with Crippen molar-refractivity contribution in [3.63, 3.8) is 0 Å². The van der Waals surface area contributed by atoms with Crippen molar-refractivity contribution in [1.82, 2.24) is 4.98 Å². The molecule has 2 unspecified atom stereocenters. The summed E-state index contributed by atoms with van der Waals surface area (Å²) in [5, 5.41) is 9.49. The number of halogens is 1. The lowest BCUT2D eigenvalue weighted by Gasteiger charge is -2.40. The van der Waals surface area contributed by atoms with E-state index in [1.54, 1.807) is 6.07 Å². The first-order valence-corrected chi connectivity index (χ1v) is 8.79. The molecule has 3 heterocycles. The number of pyridine rings is 1. The molecule has 0 saturated carbocycles. The van der Waals surface area contributed by atoms with Crippen molar-refractivity contribution in [2.75, 3.05) is 29.4 Å². The van der Waals surface area contributed by atoms with Crippen molar-refractivity contribution in [3.05, 3.63) is 53.5 Å². The quantitative estimate of drug-likeness (QED) is 0.842. The molecule has 1 aromatic carbocycles. The van der Waals surface area contributed by atoms with Crippen LogP contribution in [0, 0.1) is 30.0 Å². The molecule has 2 fully saturated rings. The Labute approximate surface area is 147 Å². The van der Waals surface area contributed by atoms with E-state index >= 15 is 0 Å². The van der Waals surface area contributed by atoms with Gasteiger partial charge in [-0.05, 0) is 55.5 Å².